The molecule has 2 fully saturated rings. The summed E-state index contributed by atoms with van der Waals surface area (Å²) in [5.74, 6) is 1.33. The second-order valence-electron chi connectivity index (χ2n) is 7.28. The van der Waals surface area contributed by atoms with E-state index in [4.69, 9.17) is 4.74 Å². The summed E-state index contributed by atoms with van der Waals surface area (Å²) in [6, 6.07) is 6.26. The molecule has 5 heteroatoms. The molecule has 3 rings (SSSR count). The number of piperazine rings is 1. The van der Waals surface area contributed by atoms with Crippen LogP contribution in [0.25, 0.3) is 0 Å². The smallest absolute Gasteiger partial charge is 0.236 e. The number of rotatable bonds is 6. The molecule has 0 spiro atoms. The van der Waals surface area contributed by atoms with E-state index >= 15 is 0 Å². The summed E-state index contributed by atoms with van der Waals surface area (Å²) in [7, 11) is 0. The highest BCUT2D eigenvalue weighted by atomic mass is 16.5. The lowest BCUT2D eigenvalue weighted by Gasteiger charge is -2.34. The fourth-order valence-electron chi connectivity index (χ4n) is 3.73. The summed E-state index contributed by atoms with van der Waals surface area (Å²) in [5.41, 5.74) is 2.40. The van der Waals surface area contributed by atoms with Crippen LogP contribution in [0.3, 0.4) is 0 Å². The molecule has 2 saturated heterocycles. The average Bonchev–Trinajstić information content (AvgIpc) is 3.14. The Morgan fingerprint density at radius 3 is 2.20 bits per heavy atom. The van der Waals surface area contributed by atoms with E-state index in [1.165, 1.54) is 24.0 Å². The number of nitrogens with zero attached hydrogens (tertiary/aromatic N) is 3. The summed E-state index contributed by atoms with van der Waals surface area (Å²) in [6.07, 6.45) is 2.33. The van der Waals surface area contributed by atoms with E-state index in [1.54, 1.807) is 0 Å². The lowest BCUT2D eigenvalue weighted by atomic mass is 10.1. The minimum Gasteiger partial charge on any atom is -0.492 e. The van der Waals surface area contributed by atoms with Gasteiger partial charge in [0.25, 0.3) is 0 Å². The first-order valence-electron chi connectivity index (χ1n) is 9.55. The van der Waals surface area contributed by atoms with Crippen LogP contribution >= 0.6 is 0 Å². The van der Waals surface area contributed by atoms with Gasteiger partial charge in [-0.15, -0.1) is 0 Å². The largest absolute Gasteiger partial charge is 0.492 e. The molecule has 0 atom stereocenters. The number of hydrogen-bond acceptors (Lipinski definition) is 4. The summed E-state index contributed by atoms with van der Waals surface area (Å²) < 4.78 is 6.01. The topological polar surface area (TPSA) is 36.0 Å². The van der Waals surface area contributed by atoms with Crippen molar-refractivity contribution in [2.45, 2.75) is 26.7 Å². The van der Waals surface area contributed by atoms with Crippen LogP contribution in [0.4, 0.5) is 0 Å². The van der Waals surface area contributed by atoms with Crippen LogP contribution in [0.2, 0.25) is 0 Å². The molecule has 2 aliphatic rings. The number of aryl methyl sites for hydroxylation is 2. The number of likely N-dealkylation sites (tertiary alicyclic amines) is 1. The second kappa shape index (κ2) is 8.68. The molecule has 1 amide bonds. The third-order valence-electron chi connectivity index (χ3n) is 5.35. The van der Waals surface area contributed by atoms with E-state index in [2.05, 4.69) is 41.8 Å². The maximum absolute atomic E-state index is 12.2. The van der Waals surface area contributed by atoms with Gasteiger partial charge in [0, 0.05) is 45.8 Å². The summed E-state index contributed by atoms with van der Waals surface area (Å²) in [6.45, 7) is 12.3. The van der Waals surface area contributed by atoms with Gasteiger partial charge in [0.05, 0.1) is 6.54 Å². The molecule has 2 aliphatic heterocycles. The number of amides is 1. The lowest BCUT2D eigenvalue weighted by molar-refractivity contribution is -0.131. The Balaban J connectivity index is 1.36. The predicted octanol–water partition coefficient (Wildman–Crippen LogP) is 1.92. The zero-order valence-corrected chi connectivity index (χ0v) is 15.7. The number of benzene rings is 1. The van der Waals surface area contributed by atoms with Gasteiger partial charge in [-0.05, 0) is 37.8 Å². The third kappa shape index (κ3) is 4.95. The van der Waals surface area contributed by atoms with Crippen molar-refractivity contribution >= 4 is 5.91 Å². The standard InChI is InChI=1S/C20H31N3O2/c1-17-6-5-7-18(2)20(17)25-15-14-21-10-12-22(13-11-21)16-19(24)23-8-3-4-9-23/h5-7H,3-4,8-16H2,1-2H3. The van der Waals surface area contributed by atoms with Crippen LogP contribution < -0.4 is 4.74 Å². The van der Waals surface area contributed by atoms with Gasteiger partial charge in [-0.25, -0.2) is 0 Å². The molecule has 1 aromatic rings. The van der Waals surface area contributed by atoms with Crippen molar-refractivity contribution in [1.82, 2.24) is 14.7 Å². The van der Waals surface area contributed by atoms with Crippen molar-refractivity contribution in [3.05, 3.63) is 29.3 Å². The van der Waals surface area contributed by atoms with Gasteiger partial charge in [0.15, 0.2) is 0 Å². The quantitative estimate of drug-likeness (QED) is 0.789. The number of carbonyl (C=O) groups is 1. The summed E-state index contributed by atoms with van der Waals surface area (Å²) >= 11 is 0. The Bertz CT molecular complexity index is 556. The Kier molecular flexibility index (Phi) is 6.32. The molecule has 2 heterocycles. The first-order chi connectivity index (χ1) is 12.1. The number of para-hydroxylation sites is 1. The van der Waals surface area contributed by atoms with E-state index in [9.17, 15) is 4.79 Å². The molecule has 5 nitrogen and oxygen atoms in total. The Hall–Kier alpha value is -1.59. The van der Waals surface area contributed by atoms with Crippen molar-refractivity contribution in [2.24, 2.45) is 0 Å². The molecule has 0 bridgehead atoms. The highest BCUT2D eigenvalue weighted by Gasteiger charge is 2.23. The van der Waals surface area contributed by atoms with Crippen molar-refractivity contribution < 1.29 is 9.53 Å². The van der Waals surface area contributed by atoms with Crippen molar-refractivity contribution in [3.8, 4) is 5.75 Å². The molecule has 0 saturated carbocycles. The monoisotopic (exact) mass is 345 g/mol. The van der Waals surface area contributed by atoms with Crippen molar-refractivity contribution in [3.63, 3.8) is 0 Å². The summed E-state index contributed by atoms with van der Waals surface area (Å²) in [4.78, 5) is 19.0. The zero-order valence-electron chi connectivity index (χ0n) is 15.7. The maximum Gasteiger partial charge on any atom is 0.236 e. The SMILES string of the molecule is Cc1cccc(C)c1OCCN1CCN(CC(=O)N2CCCC2)CC1. The highest BCUT2D eigenvalue weighted by molar-refractivity contribution is 5.78. The first-order valence-corrected chi connectivity index (χ1v) is 9.55. The van der Waals surface area contributed by atoms with Gasteiger partial charge < -0.3 is 9.64 Å². The van der Waals surface area contributed by atoms with Crippen LogP contribution in [0.5, 0.6) is 5.75 Å². The predicted molar refractivity (Wildman–Crippen MR) is 100 cm³/mol. The van der Waals surface area contributed by atoms with Crippen LogP contribution in [0.1, 0.15) is 24.0 Å². The molecule has 25 heavy (non-hydrogen) atoms. The molecule has 1 aromatic carbocycles. The molecule has 138 valence electrons. The number of carbonyl (C=O) groups excluding carboxylic acids is 1. The van der Waals surface area contributed by atoms with E-state index in [0.717, 1.165) is 58.2 Å². The van der Waals surface area contributed by atoms with E-state index in [1.807, 2.05) is 4.90 Å². The van der Waals surface area contributed by atoms with Gasteiger partial charge in [-0.3, -0.25) is 14.6 Å². The van der Waals surface area contributed by atoms with Crippen molar-refractivity contribution in [2.75, 3.05) is 59.0 Å². The first kappa shape index (κ1) is 18.2. The van der Waals surface area contributed by atoms with Gasteiger partial charge in [-0.1, -0.05) is 18.2 Å². The molecular weight excluding hydrogens is 314 g/mol. The fraction of sp³-hybridized carbons (Fsp3) is 0.650. The molecule has 0 unspecified atom stereocenters. The molecular formula is C20H31N3O2. The Morgan fingerprint density at radius 2 is 1.56 bits per heavy atom. The second-order valence-corrected chi connectivity index (χ2v) is 7.28. The van der Waals surface area contributed by atoms with Crippen molar-refractivity contribution in [1.29, 1.82) is 0 Å². The molecule has 0 aliphatic carbocycles. The molecule has 0 radical (unpaired) electrons. The van der Waals surface area contributed by atoms with E-state index in [-0.39, 0.29) is 0 Å². The van der Waals surface area contributed by atoms with Gasteiger partial charge in [0.1, 0.15) is 12.4 Å². The van der Waals surface area contributed by atoms with Gasteiger partial charge >= 0.3 is 0 Å². The maximum atomic E-state index is 12.2. The average molecular weight is 345 g/mol. The zero-order chi connectivity index (χ0) is 17.6. The minimum atomic E-state index is 0.310. The summed E-state index contributed by atoms with van der Waals surface area (Å²) in [5, 5.41) is 0. The third-order valence-corrected chi connectivity index (χ3v) is 5.35. The normalized spacial score (nSPS) is 19.4. The van der Waals surface area contributed by atoms with Gasteiger partial charge in [0.2, 0.25) is 5.91 Å². The van der Waals surface area contributed by atoms with E-state index < -0.39 is 0 Å². The van der Waals surface area contributed by atoms with E-state index in [0.29, 0.717) is 12.5 Å². The van der Waals surface area contributed by atoms with Crippen LogP contribution in [-0.2, 0) is 4.79 Å². The van der Waals surface area contributed by atoms with Crippen LogP contribution in [0.15, 0.2) is 18.2 Å². The Labute approximate surface area is 151 Å². The Morgan fingerprint density at radius 1 is 0.960 bits per heavy atom. The van der Waals surface area contributed by atoms with Crippen LogP contribution in [-0.4, -0.2) is 79.6 Å². The highest BCUT2D eigenvalue weighted by Crippen LogP contribution is 2.22. The molecule has 0 N–H and O–H groups in total. The molecule has 0 aromatic heterocycles. The van der Waals surface area contributed by atoms with Gasteiger partial charge in [-0.2, -0.15) is 0 Å². The number of hydrogen-bond donors (Lipinski definition) is 0. The minimum absolute atomic E-state index is 0.310. The lowest BCUT2D eigenvalue weighted by Crippen LogP contribution is -2.50. The number of ether oxygens (including phenoxy) is 1. The fourth-order valence-corrected chi connectivity index (χ4v) is 3.73. The van der Waals surface area contributed by atoms with Crippen LogP contribution in [0, 0.1) is 13.8 Å².